The number of hydrogen-bond acceptors (Lipinski definition) is 5. The van der Waals surface area contributed by atoms with E-state index in [2.05, 4.69) is 55.6 Å². The summed E-state index contributed by atoms with van der Waals surface area (Å²) in [5.74, 6) is -0.607. The standard InChI is InChI=1S/C39H73NO5/c1-3-5-7-9-11-12-13-14-15-16-17-18-19-20-21-22-23-24-25-27-29-31-33-37(43)39(45)40-35(34-41)38(44)36(42)32-30-28-26-10-8-6-4-2/h10,17-18,20-21,26,35-38,41-44H,3-9,11-16,19,22-25,27-34H2,1-2H3,(H,40,45)/b18-17-,21-20-,26-10+. The monoisotopic (exact) mass is 636 g/mol. The lowest BCUT2D eigenvalue weighted by Gasteiger charge is -2.27. The third kappa shape index (κ3) is 28.5. The van der Waals surface area contributed by atoms with Gasteiger partial charge in [0, 0.05) is 0 Å². The predicted octanol–water partition coefficient (Wildman–Crippen LogP) is 9.01. The van der Waals surface area contributed by atoms with Crippen molar-refractivity contribution < 1.29 is 25.2 Å². The highest BCUT2D eigenvalue weighted by atomic mass is 16.3. The Bertz CT molecular complexity index is 722. The third-order valence-corrected chi connectivity index (χ3v) is 8.57. The molecular formula is C39H73NO5. The van der Waals surface area contributed by atoms with Gasteiger partial charge >= 0.3 is 0 Å². The molecule has 6 nitrogen and oxygen atoms in total. The van der Waals surface area contributed by atoms with Crippen molar-refractivity contribution >= 4 is 5.91 Å². The average molecular weight is 636 g/mol. The molecule has 5 N–H and O–H groups in total. The topological polar surface area (TPSA) is 110 Å². The molecule has 0 aliphatic heterocycles. The Morgan fingerprint density at radius 3 is 1.53 bits per heavy atom. The summed E-state index contributed by atoms with van der Waals surface area (Å²) in [6, 6.07) is -1.00. The van der Waals surface area contributed by atoms with Crippen molar-refractivity contribution in [1.82, 2.24) is 5.32 Å². The minimum Gasteiger partial charge on any atom is -0.394 e. The van der Waals surface area contributed by atoms with E-state index in [9.17, 15) is 25.2 Å². The quantitative estimate of drug-likeness (QED) is 0.0365. The van der Waals surface area contributed by atoms with Gasteiger partial charge in [-0.3, -0.25) is 4.79 Å². The highest BCUT2D eigenvalue weighted by Gasteiger charge is 2.28. The Morgan fingerprint density at radius 1 is 0.556 bits per heavy atom. The number of carbonyl (C=O) groups excluding carboxylic acids is 1. The number of nitrogens with one attached hydrogen (secondary N) is 1. The van der Waals surface area contributed by atoms with Crippen molar-refractivity contribution in [2.75, 3.05) is 6.61 Å². The van der Waals surface area contributed by atoms with Gasteiger partial charge in [0.05, 0.1) is 18.8 Å². The summed E-state index contributed by atoms with van der Waals surface area (Å²) in [7, 11) is 0. The SMILES string of the molecule is CCCC/C=C/CCCC(O)C(O)C(CO)NC(=O)C(O)CCCCCCCC/C=C\C/C=C\CCCCCCCCCCC. The van der Waals surface area contributed by atoms with E-state index in [1.54, 1.807) is 0 Å². The van der Waals surface area contributed by atoms with Gasteiger partial charge in [0.25, 0.3) is 0 Å². The van der Waals surface area contributed by atoms with Gasteiger partial charge in [-0.1, -0.05) is 147 Å². The number of amides is 1. The lowest BCUT2D eigenvalue weighted by Crippen LogP contribution is -2.53. The fraction of sp³-hybridized carbons (Fsp3) is 0.821. The molecule has 0 saturated carbocycles. The van der Waals surface area contributed by atoms with E-state index < -0.39 is 36.9 Å². The first-order valence-corrected chi connectivity index (χ1v) is 18.9. The molecule has 1 amide bonds. The number of carbonyl (C=O) groups is 1. The second-order valence-corrected chi connectivity index (χ2v) is 12.9. The van der Waals surface area contributed by atoms with Crippen LogP contribution in [0.15, 0.2) is 36.5 Å². The number of allylic oxidation sites excluding steroid dienone is 6. The van der Waals surface area contributed by atoms with Crippen LogP contribution in [0.3, 0.4) is 0 Å². The normalized spacial score (nSPS) is 14.9. The second-order valence-electron chi connectivity index (χ2n) is 12.9. The molecule has 0 rings (SSSR count). The lowest BCUT2D eigenvalue weighted by molar-refractivity contribution is -0.132. The summed E-state index contributed by atoms with van der Waals surface area (Å²) < 4.78 is 0. The third-order valence-electron chi connectivity index (χ3n) is 8.57. The van der Waals surface area contributed by atoms with E-state index >= 15 is 0 Å². The van der Waals surface area contributed by atoms with Gasteiger partial charge < -0.3 is 25.7 Å². The molecule has 6 heteroatoms. The summed E-state index contributed by atoms with van der Waals surface area (Å²) in [5.41, 5.74) is 0. The van der Waals surface area contributed by atoms with Crippen LogP contribution < -0.4 is 5.32 Å². The number of hydrogen-bond donors (Lipinski definition) is 5. The van der Waals surface area contributed by atoms with Crippen molar-refractivity contribution in [2.24, 2.45) is 0 Å². The van der Waals surface area contributed by atoms with Gasteiger partial charge in [-0.05, 0) is 64.2 Å². The first-order chi connectivity index (χ1) is 22.0. The Kier molecular flexibility index (Phi) is 32.8. The second kappa shape index (κ2) is 33.9. The van der Waals surface area contributed by atoms with Gasteiger partial charge in [-0.15, -0.1) is 0 Å². The van der Waals surface area contributed by atoms with Crippen molar-refractivity contribution in [3.8, 4) is 0 Å². The maximum atomic E-state index is 12.4. The van der Waals surface area contributed by atoms with Crippen LogP contribution in [0.4, 0.5) is 0 Å². The Morgan fingerprint density at radius 2 is 1.00 bits per heavy atom. The van der Waals surface area contributed by atoms with Gasteiger partial charge in [0.1, 0.15) is 12.2 Å². The van der Waals surface area contributed by atoms with E-state index in [-0.39, 0.29) is 0 Å². The molecule has 0 fully saturated rings. The van der Waals surface area contributed by atoms with Crippen LogP contribution in [0.2, 0.25) is 0 Å². The fourth-order valence-corrected chi connectivity index (χ4v) is 5.48. The van der Waals surface area contributed by atoms with E-state index in [1.807, 2.05) is 0 Å². The molecule has 45 heavy (non-hydrogen) atoms. The van der Waals surface area contributed by atoms with Crippen molar-refractivity contribution in [2.45, 2.75) is 199 Å². The lowest BCUT2D eigenvalue weighted by atomic mass is 10.00. The molecule has 0 aromatic rings. The number of rotatable bonds is 33. The summed E-state index contributed by atoms with van der Waals surface area (Å²) in [6.07, 6.45) is 37.7. The maximum absolute atomic E-state index is 12.4. The molecule has 4 atom stereocenters. The summed E-state index contributed by atoms with van der Waals surface area (Å²) in [5, 5.41) is 43.1. The number of aliphatic hydroxyl groups excluding tert-OH is 4. The van der Waals surface area contributed by atoms with Crippen LogP contribution >= 0.6 is 0 Å². The zero-order valence-electron chi connectivity index (χ0n) is 29.4. The van der Waals surface area contributed by atoms with Gasteiger partial charge in [0.15, 0.2) is 0 Å². The van der Waals surface area contributed by atoms with Crippen molar-refractivity contribution in [1.29, 1.82) is 0 Å². The molecule has 0 aromatic heterocycles. The minimum absolute atomic E-state index is 0.350. The van der Waals surface area contributed by atoms with Crippen LogP contribution in [0.1, 0.15) is 174 Å². The predicted molar refractivity (Wildman–Crippen MR) is 191 cm³/mol. The van der Waals surface area contributed by atoms with E-state index in [4.69, 9.17) is 0 Å². The molecule has 0 bridgehead atoms. The van der Waals surface area contributed by atoms with Crippen molar-refractivity contribution in [3.63, 3.8) is 0 Å². The fourth-order valence-electron chi connectivity index (χ4n) is 5.48. The van der Waals surface area contributed by atoms with Gasteiger partial charge in [0.2, 0.25) is 5.91 Å². The molecular weight excluding hydrogens is 562 g/mol. The molecule has 0 spiro atoms. The zero-order chi connectivity index (χ0) is 33.2. The molecule has 0 aromatic carbocycles. The molecule has 264 valence electrons. The highest BCUT2D eigenvalue weighted by Crippen LogP contribution is 2.13. The maximum Gasteiger partial charge on any atom is 0.249 e. The van der Waals surface area contributed by atoms with E-state index in [1.165, 1.54) is 77.0 Å². The van der Waals surface area contributed by atoms with Crippen molar-refractivity contribution in [3.05, 3.63) is 36.5 Å². The number of unbranched alkanes of at least 4 members (excludes halogenated alkanes) is 18. The molecule has 4 unspecified atom stereocenters. The summed E-state index contributed by atoms with van der Waals surface area (Å²) in [6.45, 7) is 3.93. The smallest absolute Gasteiger partial charge is 0.249 e. The van der Waals surface area contributed by atoms with Gasteiger partial charge in [-0.2, -0.15) is 0 Å². The first kappa shape index (κ1) is 43.5. The summed E-state index contributed by atoms with van der Waals surface area (Å²) >= 11 is 0. The molecule has 0 heterocycles. The van der Waals surface area contributed by atoms with E-state index in [0.29, 0.717) is 19.3 Å². The molecule has 0 radical (unpaired) electrons. The zero-order valence-corrected chi connectivity index (χ0v) is 29.4. The number of aliphatic hydroxyl groups is 4. The molecule has 0 aliphatic carbocycles. The average Bonchev–Trinajstić information content (AvgIpc) is 3.04. The Labute approximate surface area is 277 Å². The first-order valence-electron chi connectivity index (χ1n) is 18.9. The minimum atomic E-state index is -1.28. The highest BCUT2D eigenvalue weighted by molar-refractivity contribution is 5.80. The van der Waals surface area contributed by atoms with Crippen LogP contribution in [0.25, 0.3) is 0 Å². The Balaban J connectivity index is 3.76. The van der Waals surface area contributed by atoms with Crippen LogP contribution in [0.5, 0.6) is 0 Å². The van der Waals surface area contributed by atoms with Crippen LogP contribution in [-0.2, 0) is 4.79 Å². The van der Waals surface area contributed by atoms with Gasteiger partial charge in [-0.25, -0.2) is 0 Å². The molecule has 0 aliphatic rings. The van der Waals surface area contributed by atoms with E-state index in [0.717, 1.165) is 64.2 Å². The van der Waals surface area contributed by atoms with Crippen LogP contribution in [-0.4, -0.2) is 57.3 Å². The largest absolute Gasteiger partial charge is 0.394 e. The summed E-state index contributed by atoms with van der Waals surface area (Å²) in [4.78, 5) is 12.4. The molecule has 0 saturated heterocycles. The van der Waals surface area contributed by atoms with Crippen LogP contribution in [0, 0.1) is 0 Å². The Hall–Kier alpha value is -1.47.